The molecule has 2 rings (SSSR count). The van der Waals surface area contributed by atoms with Gasteiger partial charge in [-0.2, -0.15) is 0 Å². The van der Waals surface area contributed by atoms with Gasteiger partial charge in [0, 0.05) is 18.8 Å². The number of amides is 1. The van der Waals surface area contributed by atoms with Crippen LogP contribution in [0, 0.1) is 0 Å². The van der Waals surface area contributed by atoms with E-state index in [0.717, 1.165) is 19.4 Å². The molecule has 1 aromatic rings. The van der Waals surface area contributed by atoms with Crippen LogP contribution in [0.3, 0.4) is 0 Å². The number of likely N-dealkylation sites (tertiary alicyclic amines) is 1. The fourth-order valence-corrected chi connectivity index (χ4v) is 2.35. The second kappa shape index (κ2) is 5.82. The van der Waals surface area contributed by atoms with Gasteiger partial charge < -0.3 is 10.3 Å². The average molecular weight is 248 g/mol. The first-order valence-corrected chi connectivity index (χ1v) is 6.46. The fourth-order valence-electron chi connectivity index (χ4n) is 2.35. The molecule has 1 aliphatic heterocycles. The van der Waals surface area contributed by atoms with E-state index < -0.39 is 0 Å². The lowest BCUT2D eigenvalue weighted by molar-refractivity contribution is 0.0697. The molecule has 1 atom stereocenters. The van der Waals surface area contributed by atoms with Gasteiger partial charge >= 0.3 is 0 Å². The van der Waals surface area contributed by atoms with Crippen molar-refractivity contribution in [2.45, 2.75) is 38.6 Å². The zero-order valence-corrected chi connectivity index (χ0v) is 10.7. The lowest BCUT2D eigenvalue weighted by atomic mass is 10.1. The summed E-state index contributed by atoms with van der Waals surface area (Å²) in [5.41, 5.74) is 3.08. The summed E-state index contributed by atoms with van der Waals surface area (Å²) in [5.74, 6) is 5.89. The van der Waals surface area contributed by atoms with Gasteiger partial charge in [0.1, 0.15) is 5.82 Å². The summed E-state index contributed by atoms with van der Waals surface area (Å²) in [6.07, 6.45) is 6.17. The van der Waals surface area contributed by atoms with Gasteiger partial charge in [0.05, 0.1) is 5.56 Å². The molecule has 1 fully saturated rings. The summed E-state index contributed by atoms with van der Waals surface area (Å²) in [7, 11) is 0. The van der Waals surface area contributed by atoms with E-state index in [4.69, 9.17) is 5.84 Å². The Hall–Kier alpha value is -1.62. The molecular weight excluding hydrogens is 228 g/mol. The molecule has 0 saturated carbocycles. The summed E-state index contributed by atoms with van der Waals surface area (Å²) in [6, 6.07) is 3.80. The van der Waals surface area contributed by atoms with Crippen LogP contribution in [0.5, 0.6) is 0 Å². The minimum atomic E-state index is 0.0699. The maximum Gasteiger partial charge on any atom is 0.255 e. The molecule has 98 valence electrons. The van der Waals surface area contributed by atoms with E-state index in [1.54, 1.807) is 18.3 Å². The minimum absolute atomic E-state index is 0.0699. The summed E-state index contributed by atoms with van der Waals surface area (Å²) in [4.78, 5) is 18.4. The van der Waals surface area contributed by atoms with Crippen LogP contribution in [-0.2, 0) is 0 Å². The van der Waals surface area contributed by atoms with E-state index >= 15 is 0 Å². The van der Waals surface area contributed by atoms with Crippen molar-refractivity contribution in [3.63, 3.8) is 0 Å². The van der Waals surface area contributed by atoms with Gasteiger partial charge in [0.15, 0.2) is 0 Å². The van der Waals surface area contributed by atoms with E-state index in [0.29, 0.717) is 17.4 Å². The normalized spacial score (nSPS) is 20.3. The number of nitrogens with two attached hydrogens (primary N) is 1. The van der Waals surface area contributed by atoms with Crippen LogP contribution >= 0.6 is 0 Å². The number of carbonyl (C=O) groups excluding carboxylic acids is 1. The van der Waals surface area contributed by atoms with Crippen LogP contribution in [0.2, 0.25) is 0 Å². The number of nitrogens with one attached hydrogen (secondary N) is 1. The smallest absolute Gasteiger partial charge is 0.255 e. The molecule has 3 N–H and O–H groups in total. The van der Waals surface area contributed by atoms with Gasteiger partial charge in [0.25, 0.3) is 5.91 Å². The third kappa shape index (κ3) is 2.79. The SMILES string of the molecule is CC1CCCCCN1C(=O)c1ccc(NN)nc1. The van der Waals surface area contributed by atoms with Crippen LogP contribution in [-0.4, -0.2) is 28.4 Å². The molecular formula is C13H20N4O. The van der Waals surface area contributed by atoms with Gasteiger partial charge in [-0.25, -0.2) is 10.8 Å². The van der Waals surface area contributed by atoms with E-state index in [1.807, 2.05) is 4.90 Å². The van der Waals surface area contributed by atoms with Gasteiger partial charge in [-0.3, -0.25) is 4.79 Å². The number of hydrogen-bond acceptors (Lipinski definition) is 4. The predicted molar refractivity (Wildman–Crippen MR) is 71.0 cm³/mol. The van der Waals surface area contributed by atoms with Gasteiger partial charge in [-0.05, 0) is 31.9 Å². The first kappa shape index (κ1) is 12.8. The highest BCUT2D eigenvalue weighted by Gasteiger charge is 2.23. The number of nitrogens with zero attached hydrogens (tertiary/aromatic N) is 2. The molecule has 0 aromatic carbocycles. The summed E-state index contributed by atoms with van der Waals surface area (Å²) < 4.78 is 0. The van der Waals surface area contributed by atoms with Gasteiger partial charge in [-0.15, -0.1) is 0 Å². The van der Waals surface area contributed by atoms with Gasteiger partial charge in [0.2, 0.25) is 0 Å². The second-order valence-electron chi connectivity index (χ2n) is 4.77. The Morgan fingerprint density at radius 3 is 2.94 bits per heavy atom. The zero-order valence-electron chi connectivity index (χ0n) is 10.7. The number of pyridine rings is 1. The minimum Gasteiger partial charge on any atom is -0.336 e. The summed E-state index contributed by atoms with van der Waals surface area (Å²) >= 11 is 0. The lowest BCUT2D eigenvalue weighted by Crippen LogP contribution is -2.38. The van der Waals surface area contributed by atoms with Crippen molar-refractivity contribution in [3.8, 4) is 0 Å². The number of rotatable bonds is 2. The van der Waals surface area contributed by atoms with Crippen molar-refractivity contribution in [3.05, 3.63) is 23.9 Å². The molecule has 0 radical (unpaired) electrons. The molecule has 5 heteroatoms. The summed E-state index contributed by atoms with van der Waals surface area (Å²) in [5, 5.41) is 0. The number of hydrazine groups is 1. The molecule has 0 bridgehead atoms. The lowest BCUT2D eigenvalue weighted by Gasteiger charge is -2.27. The Bertz CT molecular complexity index is 404. The molecule has 2 heterocycles. The number of aromatic nitrogens is 1. The highest BCUT2D eigenvalue weighted by Crippen LogP contribution is 2.19. The van der Waals surface area contributed by atoms with E-state index in [1.165, 1.54) is 12.8 Å². The highest BCUT2D eigenvalue weighted by atomic mass is 16.2. The Labute approximate surface area is 107 Å². The second-order valence-corrected chi connectivity index (χ2v) is 4.77. The van der Waals surface area contributed by atoms with Crippen molar-refractivity contribution in [2.24, 2.45) is 5.84 Å². The van der Waals surface area contributed by atoms with Crippen molar-refractivity contribution in [1.82, 2.24) is 9.88 Å². The Balaban J connectivity index is 2.13. The highest BCUT2D eigenvalue weighted by molar-refractivity contribution is 5.94. The molecule has 0 aliphatic carbocycles. The standard InChI is InChI=1S/C13H20N4O/c1-10-5-3-2-4-8-17(10)13(18)11-6-7-12(16-14)15-9-11/h6-7,9-10H,2-5,8,14H2,1H3,(H,15,16). The van der Waals surface area contributed by atoms with E-state index in [9.17, 15) is 4.79 Å². The Kier molecular flexibility index (Phi) is 4.15. The van der Waals surface area contributed by atoms with Crippen LogP contribution in [0.4, 0.5) is 5.82 Å². The van der Waals surface area contributed by atoms with Crippen LogP contribution in [0.1, 0.15) is 43.0 Å². The first-order chi connectivity index (χ1) is 8.72. The Morgan fingerprint density at radius 1 is 1.44 bits per heavy atom. The maximum absolute atomic E-state index is 12.4. The van der Waals surface area contributed by atoms with Gasteiger partial charge in [-0.1, -0.05) is 12.8 Å². The molecule has 1 saturated heterocycles. The molecule has 1 aromatic heterocycles. The first-order valence-electron chi connectivity index (χ1n) is 6.46. The molecule has 1 amide bonds. The monoisotopic (exact) mass is 248 g/mol. The average Bonchev–Trinajstić information content (AvgIpc) is 2.63. The largest absolute Gasteiger partial charge is 0.336 e. The van der Waals surface area contributed by atoms with Crippen molar-refractivity contribution in [1.29, 1.82) is 0 Å². The van der Waals surface area contributed by atoms with Crippen molar-refractivity contribution < 1.29 is 4.79 Å². The number of anilines is 1. The molecule has 1 unspecified atom stereocenters. The van der Waals surface area contributed by atoms with Crippen LogP contribution in [0.25, 0.3) is 0 Å². The maximum atomic E-state index is 12.4. The molecule has 5 nitrogen and oxygen atoms in total. The third-order valence-electron chi connectivity index (χ3n) is 3.47. The van der Waals surface area contributed by atoms with Crippen LogP contribution < -0.4 is 11.3 Å². The predicted octanol–water partition coefficient (Wildman–Crippen LogP) is 1.77. The molecule has 18 heavy (non-hydrogen) atoms. The summed E-state index contributed by atoms with van der Waals surface area (Å²) in [6.45, 7) is 2.96. The van der Waals surface area contributed by atoms with Crippen molar-refractivity contribution in [2.75, 3.05) is 12.0 Å². The van der Waals surface area contributed by atoms with E-state index in [2.05, 4.69) is 17.3 Å². The topological polar surface area (TPSA) is 71.2 Å². The quantitative estimate of drug-likeness (QED) is 0.618. The number of carbonyl (C=O) groups is 1. The van der Waals surface area contributed by atoms with E-state index in [-0.39, 0.29) is 5.91 Å². The third-order valence-corrected chi connectivity index (χ3v) is 3.47. The fraction of sp³-hybridized carbons (Fsp3) is 0.538. The number of nitrogen functional groups attached to an aromatic ring is 1. The van der Waals surface area contributed by atoms with Crippen molar-refractivity contribution >= 4 is 11.7 Å². The zero-order chi connectivity index (χ0) is 13.0. The number of hydrogen-bond donors (Lipinski definition) is 2. The molecule has 1 aliphatic rings. The Morgan fingerprint density at radius 2 is 2.28 bits per heavy atom. The molecule has 0 spiro atoms. The van der Waals surface area contributed by atoms with Crippen LogP contribution in [0.15, 0.2) is 18.3 Å².